The van der Waals surface area contributed by atoms with Gasteiger partial charge in [0.1, 0.15) is 5.82 Å². The van der Waals surface area contributed by atoms with Crippen molar-refractivity contribution in [1.29, 1.82) is 0 Å². The van der Waals surface area contributed by atoms with Gasteiger partial charge in [-0.05, 0) is 37.5 Å². The summed E-state index contributed by atoms with van der Waals surface area (Å²) in [4.78, 5) is 22.5. The maximum atomic E-state index is 13.5. The normalized spacial score (nSPS) is 17.8. The average Bonchev–Trinajstić information content (AvgIpc) is 2.99. The summed E-state index contributed by atoms with van der Waals surface area (Å²) >= 11 is 0. The summed E-state index contributed by atoms with van der Waals surface area (Å²) < 4.78 is 40.5. The number of carbonyl (C=O) groups excluding carboxylic acids is 1. The summed E-state index contributed by atoms with van der Waals surface area (Å²) in [6.07, 6.45) is 4.72. The van der Waals surface area contributed by atoms with E-state index in [4.69, 9.17) is 0 Å². The van der Waals surface area contributed by atoms with E-state index in [1.54, 1.807) is 11.9 Å². The van der Waals surface area contributed by atoms with Gasteiger partial charge in [0.15, 0.2) is 0 Å². The zero-order valence-electron chi connectivity index (χ0n) is 16.4. The second-order valence-corrected chi connectivity index (χ2v) is 8.90. The summed E-state index contributed by atoms with van der Waals surface area (Å²) in [5.74, 6) is -0.339. The third kappa shape index (κ3) is 4.70. The highest BCUT2D eigenvalue weighted by atomic mass is 32.2. The van der Waals surface area contributed by atoms with E-state index in [1.165, 1.54) is 41.9 Å². The second kappa shape index (κ2) is 8.83. The van der Waals surface area contributed by atoms with E-state index in [0.717, 1.165) is 6.07 Å². The number of carbonyl (C=O) groups is 1. The number of likely N-dealkylation sites (tertiary alicyclic amines) is 1. The van der Waals surface area contributed by atoms with Gasteiger partial charge in [0.2, 0.25) is 16.0 Å². The average molecular weight is 421 g/mol. The number of sulfonamides is 1. The number of hydrogen-bond acceptors (Lipinski definition) is 6. The number of amides is 1. The second-order valence-electron chi connectivity index (χ2n) is 6.90. The number of nitrogens with zero attached hydrogens (tertiary/aromatic N) is 4. The van der Waals surface area contributed by atoms with Crippen LogP contribution in [0.2, 0.25) is 0 Å². The summed E-state index contributed by atoms with van der Waals surface area (Å²) in [5.41, 5.74) is 0.392. The minimum atomic E-state index is -3.81. The third-order valence-electron chi connectivity index (χ3n) is 5.09. The Morgan fingerprint density at radius 3 is 2.62 bits per heavy atom. The molecule has 156 valence electrons. The van der Waals surface area contributed by atoms with E-state index in [-0.39, 0.29) is 16.8 Å². The van der Waals surface area contributed by atoms with Crippen LogP contribution in [-0.2, 0) is 10.0 Å². The molecule has 1 N–H and O–H groups in total. The number of rotatable bonds is 5. The molecular weight excluding hydrogens is 397 g/mol. The molecule has 0 saturated carbocycles. The molecule has 2 aromatic rings. The Kier molecular flexibility index (Phi) is 6.43. The van der Waals surface area contributed by atoms with Crippen molar-refractivity contribution in [3.8, 4) is 0 Å². The fourth-order valence-corrected chi connectivity index (χ4v) is 4.83. The molecule has 0 bridgehead atoms. The Labute approximate surface area is 169 Å². The Balaban J connectivity index is 1.69. The fraction of sp³-hybridized carbons (Fsp3) is 0.421. The number of nitrogens with one attached hydrogen (secondary N) is 1. The van der Waals surface area contributed by atoms with Crippen LogP contribution in [-0.4, -0.2) is 66.7 Å². The van der Waals surface area contributed by atoms with E-state index < -0.39 is 15.8 Å². The molecule has 3 rings (SSSR count). The lowest BCUT2D eigenvalue weighted by Crippen LogP contribution is -2.38. The fourth-order valence-electron chi connectivity index (χ4n) is 3.39. The standard InChI is InChI=1S/C19H24FN5O3S/c1-21-19-22-12-14(13-23-19)18(26)25-9-4-6-16(8-10-25)24(2)29(27,28)17-7-3-5-15(20)11-17/h3,5,7,11-13,16H,4,6,8-10H2,1-2H3,(H,21,22,23). The van der Waals surface area contributed by atoms with Crippen molar-refractivity contribution >= 4 is 21.9 Å². The molecule has 0 spiro atoms. The molecule has 0 aliphatic carbocycles. The van der Waals surface area contributed by atoms with Gasteiger partial charge in [-0.25, -0.2) is 22.8 Å². The molecule has 29 heavy (non-hydrogen) atoms. The lowest BCUT2D eigenvalue weighted by Gasteiger charge is -2.26. The predicted octanol–water partition coefficient (Wildman–Crippen LogP) is 1.97. The lowest BCUT2D eigenvalue weighted by atomic mass is 10.1. The Morgan fingerprint density at radius 2 is 1.97 bits per heavy atom. The van der Waals surface area contributed by atoms with Crippen molar-refractivity contribution in [3.05, 3.63) is 48.0 Å². The molecule has 1 aromatic heterocycles. The maximum absolute atomic E-state index is 13.5. The van der Waals surface area contributed by atoms with E-state index in [9.17, 15) is 17.6 Å². The Morgan fingerprint density at radius 1 is 1.24 bits per heavy atom. The van der Waals surface area contributed by atoms with Crippen molar-refractivity contribution < 1.29 is 17.6 Å². The molecule has 10 heteroatoms. The van der Waals surface area contributed by atoms with Gasteiger partial charge in [-0.3, -0.25) is 4.79 Å². The number of halogens is 1. The van der Waals surface area contributed by atoms with Crippen LogP contribution in [0.5, 0.6) is 0 Å². The van der Waals surface area contributed by atoms with Crippen LogP contribution in [0.15, 0.2) is 41.6 Å². The monoisotopic (exact) mass is 421 g/mol. The zero-order valence-corrected chi connectivity index (χ0v) is 17.2. The van der Waals surface area contributed by atoms with Crippen molar-refractivity contribution in [2.75, 3.05) is 32.5 Å². The molecule has 2 heterocycles. The van der Waals surface area contributed by atoms with E-state index in [1.807, 2.05) is 0 Å². The van der Waals surface area contributed by atoms with Crippen molar-refractivity contribution in [3.63, 3.8) is 0 Å². The molecule has 8 nitrogen and oxygen atoms in total. The van der Waals surface area contributed by atoms with Gasteiger partial charge in [-0.2, -0.15) is 4.31 Å². The van der Waals surface area contributed by atoms with E-state index >= 15 is 0 Å². The van der Waals surface area contributed by atoms with Crippen LogP contribution in [0, 0.1) is 5.82 Å². The molecule has 0 radical (unpaired) electrons. The first kappa shape index (κ1) is 21.1. The molecule has 1 atom stereocenters. The largest absolute Gasteiger partial charge is 0.357 e. The molecule has 1 unspecified atom stereocenters. The Hall–Kier alpha value is -2.59. The highest BCUT2D eigenvalue weighted by Gasteiger charge is 2.31. The quantitative estimate of drug-likeness (QED) is 0.793. The van der Waals surface area contributed by atoms with Crippen molar-refractivity contribution in [2.45, 2.75) is 30.2 Å². The van der Waals surface area contributed by atoms with Gasteiger partial charge in [-0.1, -0.05) is 6.07 Å². The van der Waals surface area contributed by atoms with Crippen molar-refractivity contribution in [2.24, 2.45) is 0 Å². The zero-order chi connectivity index (χ0) is 21.0. The van der Waals surface area contributed by atoms with Gasteiger partial charge in [-0.15, -0.1) is 0 Å². The van der Waals surface area contributed by atoms with Gasteiger partial charge in [0.05, 0.1) is 10.5 Å². The van der Waals surface area contributed by atoms with Crippen LogP contribution in [0.3, 0.4) is 0 Å². The SMILES string of the molecule is CNc1ncc(C(=O)N2CCCC(N(C)S(=O)(=O)c3cccc(F)c3)CC2)cn1. The molecule has 1 fully saturated rings. The summed E-state index contributed by atoms with van der Waals surface area (Å²) in [7, 11) is -0.611. The maximum Gasteiger partial charge on any atom is 0.256 e. The predicted molar refractivity (Wildman–Crippen MR) is 106 cm³/mol. The third-order valence-corrected chi connectivity index (χ3v) is 7.00. The van der Waals surface area contributed by atoms with E-state index in [2.05, 4.69) is 15.3 Å². The minimum absolute atomic E-state index is 0.0704. The smallest absolute Gasteiger partial charge is 0.256 e. The molecule has 1 amide bonds. The molecule has 1 aliphatic rings. The number of hydrogen-bond donors (Lipinski definition) is 1. The van der Waals surface area contributed by atoms with Gasteiger partial charge in [0.25, 0.3) is 5.91 Å². The van der Waals surface area contributed by atoms with Gasteiger partial charge >= 0.3 is 0 Å². The van der Waals surface area contributed by atoms with Gasteiger partial charge < -0.3 is 10.2 Å². The summed E-state index contributed by atoms with van der Waals surface area (Å²) in [6.45, 7) is 0.942. The topological polar surface area (TPSA) is 95.5 Å². The summed E-state index contributed by atoms with van der Waals surface area (Å²) in [5, 5.41) is 2.80. The lowest BCUT2D eigenvalue weighted by molar-refractivity contribution is 0.0759. The first-order chi connectivity index (χ1) is 13.8. The number of aromatic nitrogens is 2. The number of anilines is 1. The minimum Gasteiger partial charge on any atom is -0.357 e. The van der Waals surface area contributed by atoms with Crippen LogP contribution < -0.4 is 5.32 Å². The molecule has 1 aliphatic heterocycles. The first-order valence-corrected chi connectivity index (χ1v) is 10.8. The van der Waals surface area contributed by atoms with Crippen LogP contribution >= 0.6 is 0 Å². The molecular formula is C19H24FN5O3S. The highest BCUT2D eigenvalue weighted by Crippen LogP contribution is 2.24. The van der Waals surface area contributed by atoms with Crippen LogP contribution in [0.25, 0.3) is 0 Å². The number of benzene rings is 1. The molecule has 1 saturated heterocycles. The van der Waals surface area contributed by atoms with Crippen LogP contribution in [0.4, 0.5) is 10.3 Å². The molecule has 1 aromatic carbocycles. The Bertz CT molecular complexity index is 968. The highest BCUT2D eigenvalue weighted by molar-refractivity contribution is 7.89. The summed E-state index contributed by atoms with van der Waals surface area (Å²) in [6, 6.07) is 4.72. The van der Waals surface area contributed by atoms with Gasteiger partial charge in [0, 0.05) is 45.6 Å². The first-order valence-electron chi connectivity index (χ1n) is 9.35. The van der Waals surface area contributed by atoms with Crippen LogP contribution in [0.1, 0.15) is 29.6 Å². The van der Waals surface area contributed by atoms with E-state index in [0.29, 0.717) is 43.9 Å². The van der Waals surface area contributed by atoms with Crippen molar-refractivity contribution in [1.82, 2.24) is 19.2 Å².